The lowest BCUT2D eigenvalue weighted by Gasteiger charge is -2.11. The van der Waals surface area contributed by atoms with Crippen LogP contribution in [0.15, 0.2) is 41.2 Å². The van der Waals surface area contributed by atoms with Gasteiger partial charge in [-0.1, -0.05) is 24.3 Å². The van der Waals surface area contributed by atoms with E-state index < -0.39 is 10.0 Å². The predicted molar refractivity (Wildman–Crippen MR) is 97.7 cm³/mol. The molecule has 0 bridgehead atoms. The highest BCUT2D eigenvalue weighted by atomic mass is 32.2. The molecular weight excluding hydrogens is 358 g/mol. The van der Waals surface area contributed by atoms with Gasteiger partial charge in [-0.2, -0.15) is 5.10 Å². The minimum absolute atomic E-state index is 0.252. The number of nitrogens with one attached hydrogen (secondary N) is 1. The second-order valence-electron chi connectivity index (χ2n) is 5.66. The molecule has 1 aromatic heterocycles. The Labute approximate surface area is 149 Å². The van der Waals surface area contributed by atoms with Gasteiger partial charge >= 0.3 is 0 Å². The maximum atomic E-state index is 12.1. The summed E-state index contributed by atoms with van der Waals surface area (Å²) in [5.74, 6) is 0.656. The van der Waals surface area contributed by atoms with Crippen LogP contribution in [0.5, 0.6) is 11.5 Å². The van der Waals surface area contributed by atoms with Crippen molar-refractivity contribution in [3.63, 3.8) is 0 Å². The van der Waals surface area contributed by atoms with E-state index in [-0.39, 0.29) is 11.3 Å². The summed E-state index contributed by atoms with van der Waals surface area (Å²) in [4.78, 5) is 12.1. The molecule has 3 N–H and O–H groups in total. The standard InChI is InChI=1S/C17H17N3O5S/c1-24-14-7-12-13(8-15(14)25-2)17(21)20-19-16(12)11-5-3-10(4-6-11)9-26(18,22)23/h3-8H,9H2,1-2H3,(H,20,21)(H2,18,22,23). The van der Waals surface area contributed by atoms with E-state index in [4.69, 9.17) is 14.6 Å². The van der Waals surface area contributed by atoms with Gasteiger partial charge in [-0.15, -0.1) is 0 Å². The summed E-state index contributed by atoms with van der Waals surface area (Å²) in [7, 11) is -0.609. The molecule has 3 rings (SSSR count). The average Bonchev–Trinajstić information content (AvgIpc) is 2.60. The lowest BCUT2D eigenvalue weighted by atomic mass is 10.0. The Morgan fingerprint density at radius 3 is 2.15 bits per heavy atom. The van der Waals surface area contributed by atoms with Crippen LogP contribution in [-0.4, -0.2) is 32.8 Å². The summed E-state index contributed by atoms with van der Waals surface area (Å²) in [6.07, 6.45) is 0. The van der Waals surface area contributed by atoms with Gasteiger partial charge in [-0.25, -0.2) is 18.7 Å². The van der Waals surface area contributed by atoms with E-state index in [0.717, 1.165) is 0 Å². The van der Waals surface area contributed by atoms with E-state index in [0.29, 0.717) is 39.1 Å². The smallest absolute Gasteiger partial charge is 0.272 e. The van der Waals surface area contributed by atoms with Crippen molar-refractivity contribution in [1.29, 1.82) is 0 Å². The molecule has 0 saturated carbocycles. The summed E-state index contributed by atoms with van der Waals surface area (Å²) >= 11 is 0. The van der Waals surface area contributed by atoms with E-state index in [1.807, 2.05) is 0 Å². The number of aromatic amines is 1. The van der Waals surface area contributed by atoms with Gasteiger partial charge in [0.25, 0.3) is 5.56 Å². The first kappa shape index (κ1) is 17.9. The molecule has 8 nitrogen and oxygen atoms in total. The van der Waals surface area contributed by atoms with Gasteiger partial charge in [-0.3, -0.25) is 4.79 Å². The largest absolute Gasteiger partial charge is 0.493 e. The number of hydrogen-bond acceptors (Lipinski definition) is 6. The predicted octanol–water partition coefficient (Wildman–Crippen LogP) is 1.40. The van der Waals surface area contributed by atoms with Crippen LogP contribution >= 0.6 is 0 Å². The van der Waals surface area contributed by atoms with Crippen LogP contribution in [-0.2, 0) is 15.8 Å². The fourth-order valence-corrected chi connectivity index (χ4v) is 3.36. The quantitative estimate of drug-likeness (QED) is 0.694. The molecule has 0 radical (unpaired) electrons. The highest BCUT2D eigenvalue weighted by Gasteiger charge is 2.14. The van der Waals surface area contributed by atoms with E-state index in [9.17, 15) is 13.2 Å². The van der Waals surface area contributed by atoms with Crippen molar-refractivity contribution < 1.29 is 17.9 Å². The Kier molecular flexibility index (Phi) is 4.66. The zero-order valence-electron chi connectivity index (χ0n) is 14.1. The Hall–Kier alpha value is -2.91. The first-order chi connectivity index (χ1) is 12.3. The topological polar surface area (TPSA) is 124 Å². The van der Waals surface area contributed by atoms with Crippen molar-refractivity contribution in [2.24, 2.45) is 5.14 Å². The molecule has 0 unspecified atom stereocenters. The molecule has 0 amide bonds. The number of H-pyrrole nitrogens is 1. The van der Waals surface area contributed by atoms with Gasteiger partial charge in [0, 0.05) is 10.9 Å². The molecule has 1 heterocycles. The van der Waals surface area contributed by atoms with E-state index in [1.54, 1.807) is 36.4 Å². The number of ether oxygens (including phenoxy) is 2. The molecule has 0 saturated heterocycles. The number of rotatable bonds is 5. The van der Waals surface area contributed by atoms with Crippen LogP contribution < -0.4 is 20.2 Å². The lowest BCUT2D eigenvalue weighted by Crippen LogP contribution is -2.14. The third kappa shape index (κ3) is 3.53. The van der Waals surface area contributed by atoms with Crippen molar-refractivity contribution in [2.45, 2.75) is 5.75 Å². The molecule has 0 aliphatic rings. The number of sulfonamides is 1. The molecule has 3 aromatic rings. The third-order valence-corrected chi connectivity index (χ3v) is 4.62. The van der Waals surface area contributed by atoms with Crippen molar-refractivity contribution >= 4 is 20.8 Å². The van der Waals surface area contributed by atoms with Crippen molar-refractivity contribution in [1.82, 2.24) is 10.2 Å². The lowest BCUT2D eigenvalue weighted by molar-refractivity contribution is 0.356. The summed E-state index contributed by atoms with van der Waals surface area (Å²) < 4.78 is 32.9. The second kappa shape index (κ2) is 6.77. The molecule has 9 heteroatoms. The molecule has 2 aromatic carbocycles. The van der Waals surface area contributed by atoms with E-state index in [1.165, 1.54) is 14.2 Å². The van der Waals surface area contributed by atoms with Gasteiger partial charge in [0.1, 0.15) is 0 Å². The molecular formula is C17H17N3O5S. The molecule has 0 spiro atoms. The molecule has 0 aliphatic carbocycles. The highest BCUT2D eigenvalue weighted by Crippen LogP contribution is 2.34. The molecule has 26 heavy (non-hydrogen) atoms. The van der Waals surface area contributed by atoms with Gasteiger partial charge in [-0.05, 0) is 17.7 Å². The zero-order valence-corrected chi connectivity index (χ0v) is 15.0. The fraction of sp³-hybridized carbons (Fsp3) is 0.176. The van der Waals surface area contributed by atoms with Crippen LogP contribution in [0, 0.1) is 0 Å². The maximum Gasteiger partial charge on any atom is 0.272 e. The van der Waals surface area contributed by atoms with Crippen molar-refractivity contribution in [3.05, 3.63) is 52.3 Å². The number of hydrogen-bond donors (Lipinski definition) is 2. The summed E-state index contributed by atoms with van der Waals surface area (Å²) in [5, 5.41) is 12.7. The van der Waals surface area contributed by atoms with Crippen LogP contribution in [0.2, 0.25) is 0 Å². The third-order valence-electron chi connectivity index (χ3n) is 3.89. The Morgan fingerprint density at radius 2 is 1.62 bits per heavy atom. The number of benzene rings is 2. The van der Waals surface area contributed by atoms with Crippen LogP contribution in [0.4, 0.5) is 0 Å². The molecule has 136 valence electrons. The SMILES string of the molecule is COc1cc2c(-c3ccc(CS(N)(=O)=O)cc3)n[nH]c(=O)c2cc1OC. The minimum atomic E-state index is -3.61. The number of nitrogens with zero attached hydrogens (tertiary/aromatic N) is 1. The van der Waals surface area contributed by atoms with Crippen LogP contribution in [0.3, 0.4) is 0 Å². The minimum Gasteiger partial charge on any atom is -0.493 e. The molecule has 0 atom stereocenters. The number of methoxy groups -OCH3 is 2. The number of primary sulfonamides is 1. The van der Waals surface area contributed by atoms with Crippen LogP contribution in [0.1, 0.15) is 5.56 Å². The number of fused-ring (bicyclic) bond motifs is 1. The Morgan fingerprint density at radius 1 is 1.04 bits per heavy atom. The Balaban J connectivity index is 2.16. The van der Waals surface area contributed by atoms with Crippen molar-refractivity contribution in [2.75, 3.05) is 14.2 Å². The molecule has 0 aliphatic heterocycles. The second-order valence-corrected chi connectivity index (χ2v) is 7.27. The maximum absolute atomic E-state index is 12.1. The average molecular weight is 375 g/mol. The van der Waals surface area contributed by atoms with Gasteiger partial charge in [0.15, 0.2) is 11.5 Å². The zero-order chi connectivity index (χ0) is 18.9. The summed E-state index contributed by atoms with van der Waals surface area (Å²) in [6.45, 7) is 0. The monoisotopic (exact) mass is 375 g/mol. The summed E-state index contributed by atoms with van der Waals surface area (Å²) in [6, 6.07) is 10.0. The fourth-order valence-electron chi connectivity index (χ4n) is 2.70. The number of aromatic nitrogens is 2. The Bertz CT molecular complexity index is 1120. The first-order valence-electron chi connectivity index (χ1n) is 7.56. The normalized spacial score (nSPS) is 11.5. The van der Waals surface area contributed by atoms with E-state index in [2.05, 4.69) is 10.2 Å². The summed E-state index contributed by atoms with van der Waals surface area (Å²) in [5.41, 5.74) is 1.44. The van der Waals surface area contributed by atoms with Gasteiger partial charge < -0.3 is 9.47 Å². The van der Waals surface area contributed by atoms with Crippen molar-refractivity contribution in [3.8, 4) is 22.8 Å². The van der Waals surface area contributed by atoms with Crippen LogP contribution in [0.25, 0.3) is 22.0 Å². The van der Waals surface area contributed by atoms with E-state index >= 15 is 0 Å². The van der Waals surface area contributed by atoms with Gasteiger partial charge in [0.05, 0.1) is 31.1 Å². The first-order valence-corrected chi connectivity index (χ1v) is 9.28. The highest BCUT2D eigenvalue weighted by molar-refractivity contribution is 7.88. The van der Waals surface area contributed by atoms with Gasteiger partial charge in [0.2, 0.25) is 10.0 Å². The molecule has 0 fully saturated rings. The number of nitrogens with two attached hydrogens (primary N) is 1.